The van der Waals surface area contributed by atoms with Gasteiger partial charge in [-0.2, -0.15) is 0 Å². The average Bonchev–Trinajstić information content (AvgIpc) is 2.42. The van der Waals surface area contributed by atoms with Gasteiger partial charge in [0.15, 0.2) is 0 Å². The minimum Gasteiger partial charge on any atom is -0.330 e. The molecule has 0 aliphatic carbocycles. The van der Waals surface area contributed by atoms with Gasteiger partial charge in [-0.1, -0.05) is 6.42 Å². The third kappa shape index (κ3) is 3.47. The predicted molar refractivity (Wildman–Crippen MR) is 56.0 cm³/mol. The van der Waals surface area contributed by atoms with Crippen LogP contribution < -0.4 is 5.73 Å². The minimum absolute atomic E-state index is 0. The van der Waals surface area contributed by atoms with Crippen LogP contribution in [0.1, 0.15) is 19.3 Å². The molecule has 0 radical (unpaired) electrons. The van der Waals surface area contributed by atoms with Crippen molar-refractivity contribution in [2.75, 3.05) is 13.1 Å². The van der Waals surface area contributed by atoms with Crippen molar-refractivity contribution in [1.29, 1.82) is 0 Å². The zero-order valence-electron chi connectivity index (χ0n) is 7.94. The summed E-state index contributed by atoms with van der Waals surface area (Å²) < 4.78 is 0. The van der Waals surface area contributed by atoms with Crippen LogP contribution in [0.25, 0.3) is 0 Å². The molecule has 0 aromatic heterocycles. The number of hydrogen-bond donors (Lipinski definition) is 1. The molecule has 0 atom stereocenters. The monoisotopic (exact) mass is 218 g/mol. The summed E-state index contributed by atoms with van der Waals surface area (Å²) in [4.78, 5) is 23.3. The van der Waals surface area contributed by atoms with E-state index in [2.05, 4.69) is 0 Å². The fraction of sp³-hybridized carbons (Fsp3) is 0.556. The van der Waals surface area contributed by atoms with Crippen LogP contribution in [0.15, 0.2) is 12.2 Å². The molecule has 0 aromatic carbocycles. The van der Waals surface area contributed by atoms with Gasteiger partial charge in [-0.25, -0.2) is 0 Å². The van der Waals surface area contributed by atoms with Gasteiger partial charge in [0.1, 0.15) is 0 Å². The highest BCUT2D eigenvalue weighted by atomic mass is 35.5. The van der Waals surface area contributed by atoms with Crippen molar-refractivity contribution in [3.05, 3.63) is 12.2 Å². The van der Waals surface area contributed by atoms with E-state index in [0.717, 1.165) is 19.3 Å². The molecule has 14 heavy (non-hydrogen) atoms. The summed E-state index contributed by atoms with van der Waals surface area (Å²) >= 11 is 0. The Morgan fingerprint density at radius 2 is 1.64 bits per heavy atom. The summed E-state index contributed by atoms with van der Waals surface area (Å²) in [5.41, 5.74) is 5.32. The molecule has 1 aliphatic heterocycles. The SMILES string of the molecule is Cl.NCCCCCN1C(=O)C=CC1=O. The highest BCUT2D eigenvalue weighted by molar-refractivity contribution is 6.12. The second-order valence-corrected chi connectivity index (χ2v) is 3.01. The Hall–Kier alpha value is -0.870. The lowest BCUT2D eigenvalue weighted by atomic mass is 10.2. The third-order valence-corrected chi connectivity index (χ3v) is 1.99. The van der Waals surface area contributed by atoms with Crippen LogP contribution in [0.5, 0.6) is 0 Å². The number of hydrogen-bond acceptors (Lipinski definition) is 3. The molecule has 0 saturated heterocycles. The van der Waals surface area contributed by atoms with Crippen molar-refractivity contribution in [2.45, 2.75) is 19.3 Å². The highest BCUT2D eigenvalue weighted by Gasteiger charge is 2.21. The quantitative estimate of drug-likeness (QED) is 0.539. The van der Waals surface area contributed by atoms with E-state index in [4.69, 9.17) is 5.73 Å². The molecule has 5 heteroatoms. The van der Waals surface area contributed by atoms with Crippen LogP contribution in [0, 0.1) is 0 Å². The smallest absolute Gasteiger partial charge is 0.253 e. The molecular formula is C9H15ClN2O2. The maximum Gasteiger partial charge on any atom is 0.253 e. The third-order valence-electron chi connectivity index (χ3n) is 1.99. The Bertz CT molecular complexity index is 223. The van der Waals surface area contributed by atoms with Gasteiger partial charge >= 0.3 is 0 Å². The summed E-state index contributed by atoms with van der Waals surface area (Å²) in [6.45, 7) is 1.19. The van der Waals surface area contributed by atoms with Crippen LogP contribution in [-0.2, 0) is 9.59 Å². The van der Waals surface area contributed by atoms with Crippen LogP contribution in [0.4, 0.5) is 0 Å². The standard InChI is InChI=1S/C9H14N2O2.ClH/c10-6-2-1-3-7-11-8(12)4-5-9(11)13;/h4-5H,1-3,6-7,10H2;1H. The van der Waals surface area contributed by atoms with E-state index in [9.17, 15) is 9.59 Å². The molecule has 0 unspecified atom stereocenters. The molecule has 2 amide bonds. The number of carbonyl (C=O) groups excluding carboxylic acids is 2. The van der Waals surface area contributed by atoms with E-state index in [1.54, 1.807) is 0 Å². The number of amides is 2. The second-order valence-electron chi connectivity index (χ2n) is 3.01. The average molecular weight is 219 g/mol. The summed E-state index contributed by atoms with van der Waals surface area (Å²) in [6, 6.07) is 0. The molecule has 2 N–H and O–H groups in total. The number of nitrogens with two attached hydrogens (primary N) is 1. The summed E-state index contributed by atoms with van der Waals surface area (Å²) in [7, 11) is 0. The van der Waals surface area contributed by atoms with Crippen LogP contribution in [0.3, 0.4) is 0 Å². The van der Waals surface area contributed by atoms with Gasteiger partial charge in [0.05, 0.1) is 0 Å². The molecule has 0 fully saturated rings. The van der Waals surface area contributed by atoms with Crippen molar-refractivity contribution >= 4 is 24.2 Å². The molecule has 0 saturated carbocycles. The van der Waals surface area contributed by atoms with Gasteiger partial charge in [-0.3, -0.25) is 14.5 Å². The van der Waals surface area contributed by atoms with E-state index in [1.165, 1.54) is 17.1 Å². The number of halogens is 1. The van der Waals surface area contributed by atoms with E-state index < -0.39 is 0 Å². The van der Waals surface area contributed by atoms with Gasteiger partial charge in [-0.15, -0.1) is 12.4 Å². The fourth-order valence-electron chi connectivity index (χ4n) is 1.24. The lowest BCUT2D eigenvalue weighted by Gasteiger charge is -2.12. The van der Waals surface area contributed by atoms with E-state index in [1.807, 2.05) is 0 Å². The van der Waals surface area contributed by atoms with E-state index >= 15 is 0 Å². The summed E-state index contributed by atoms with van der Waals surface area (Å²) in [6.07, 6.45) is 5.38. The fourth-order valence-corrected chi connectivity index (χ4v) is 1.24. The van der Waals surface area contributed by atoms with Crippen LogP contribution in [-0.4, -0.2) is 29.8 Å². The molecule has 0 bridgehead atoms. The number of rotatable bonds is 5. The van der Waals surface area contributed by atoms with Crippen LogP contribution >= 0.6 is 12.4 Å². The Labute approximate surface area is 89.5 Å². The number of nitrogens with zero attached hydrogens (tertiary/aromatic N) is 1. The molecule has 1 heterocycles. The van der Waals surface area contributed by atoms with Crippen molar-refractivity contribution < 1.29 is 9.59 Å². The molecular weight excluding hydrogens is 204 g/mol. The summed E-state index contributed by atoms with van der Waals surface area (Å²) in [5.74, 6) is -0.393. The molecule has 80 valence electrons. The number of carbonyl (C=O) groups is 2. The number of unbranched alkanes of at least 4 members (excludes halogenated alkanes) is 2. The van der Waals surface area contributed by atoms with Crippen molar-refractivity contribution in [3.63, 3.8) is 0 Å². The van der Waals surface area contributed by atoms with E-state index in [-0.39, 0.29) is 24.2 Å². The minimum atomic E-state index is -0.197. The predicted octanol–water partition coefficient (Wildman–Crippen LogP) is 0.462. The molecule has 0 spiro atoms. The second kappa shape index (κ2) is 6.56. The van der Waals surface area contributed by atoms with Crippen molar-refractivity contribution in [1.82, 2.24) is 4.90 Å². The summed E-state index contributed by atoms with van der Waals surface area (Å²) in [5, 5.41) is 0. The first-order valence-electron chi connectivity index (χ1n) is 4.49. The Balaban J connectivity index is 0.00000169. The van der Waals surface area contributed by atoms with Gasteiger partial charge < -0.3 is 5.73 Å². The first-order valence-corrected chi connectivity index (χ1v) is 4.49. The zero-order valence-corrected chi connectivity index (χ0v) is 8.76. The largest absolute Gasteiger partial charge is 0.330 e. The lowest BCUT2D eigenvalue weighted by molar-refractivity contribution is -0.136. The normalized spacial score (nSPS) is 14.8. The first kappa shape index (κ1) is 13.1. The Morgan fingerprint density at radius 3 is 2.14 bits per heavy atom. The van der Waals surface area contributed by atoms with Crippen molar-refractivity contribution in [2.24, 2.45) is 5.73 Å². The lowest BCUT2D eigenvalue weighted by Crippen LogP contribution is -2.30. The first-order chi connectivity index (χ1) is 6.25. The Morgan fingerprint density at radius 1 is 1.07 bits per heavy atom. The van der Waals surface area contributed by atoms with Gasteiger partial charge in [0, 0.05) is 18.7 Å². The van der Waals surface area contributed by atoms with Gasteiger partial charge in [-0.05, 0) is 19.4 Å². The van der Waals surface area contributed by atoms with Crippen LogP contribution in [0.2, 0.25) is 0 Å². The Kier molecular flexibility index (Phi) is 6.16. The topological polar surface area (TPSA) is 63.4 Å². The highest BCUT2D eigenvalue weighted by Crippen LogP contribution is 2.05. The van der Waals surface area contributed by atoms with Gasteiger partial charge in [0.2, 0.25) is 0 Å². The molecule has 0 aromatic rings. The van der Waals surface area contributed by atoms with Crippen molar-refractivity contribution in [3.8, 4) is 0 Å². The maximum absolute atomic E-state index is 11.0. The van der Waals surface area contributed by atoms with Gasteiger partial charge in [0.25, 0.3) is 11.8 Å². The van der Waals surface area contributed by atoms with E-state index in [0.29, 0.717) is 13.1 Å². The molecule has 1 rings (SSSR count). The molecule has 4 nitrogen and oxygen atoms in total. The number of imide groups is 1. The maximum atomic E-state index is 11.0. The molecule has 1 aliphatic rings. The zero-order chi connectivity index (χ0) is 9.68.